The van der Waals surface area contributed by atoms with E-state index in [-0.39, 0.29) is 23.0 Å². The van der Waals surface area contributed by atoms with E-state index in [1.54, 1.807) is 18.4 Å². The fourth-order valence-corrected chi connectivity index (χ4v) is 3.47. The molecule has 0 radical (unpaired) electrons. The van der Waals surface area contributed by atoms with Crippen molar-refractivity contribution in [3.63, 3.8) is 0 Å². The number of aryl methyl sites for hydroxylation is 1. The quantitative estimate of drug-likeness (QED) is 0.649. The molecule has 0 unspecified atom stereocenters. The average Bonchev–Trinajstić information content (AvgIpc) is 3.21. The maximum Gasteiger partial charge on any atom is 0.233 e. The van der Waals surface area contributed by atoms with Crippen LogP contribution in [0.2, 0.25) is 0 Å². The second kappa shape index (κ2) is 7.96. The molecule has 1 N–H and O–H groups in total. The number of carbonyl (C=O) groups is 1. The summed E-state index contributed by atoms with van der Waals surface area (Å²) in [6.07, 6.45) is 1.61. The van der Waals surface area contributed by atoms with Gasteiger partial charge in [0, 0.05) is 7.05 Å². The van der Waals surface area contributed by atoms with Crippen LogP contribution < -0.4 is 5.32 Å². The summed E-state index contributed by atoms with van der Waals surface area (Å²) in [6.45, 7) is 5.54. The van der Waals surface area contributed by atoms with Crippen LogP contribution in [0.1, 0.15) is 31.2 Å². The molecule has 8 heteroatoms. The van der Waals surface area contributed by atoms with E-state index in [1.807, 2.05) is 38.5 Å². The summed E-state index contributed by atoms with van der Waals surface area (Å²) >= 11 is 1.33. The van der Waals surface area contributed by atoms with Gasteiger partial charge in [-0.3, -0.25) is 4.79 Å². The van der Waals surface area contributed by atoms with Crippen molar-refractivity contribution >= 4 is 17.7 Å². The maximum atomic E-state index is 13.0. The zero-order chi connectivity index (χ0) is 19.6. The van der Waals surface area contributed by atoms with Gasteiger partial charge in [0.1, 0.15) is 11.6 Å². The molecule has 1 aromatic carbocycles. The Morgan fingerprint density at radius 3 is 2.56 bits per heavy atom. The molecule has 0 saturated heterocycles. The molecular formula is C19H21FN4O2S. The first-order chi connectivity index (χ1) is 12.9. The third-order valence-corrected chi connectivity index (χ3v) is 5.45. The molecular weight excluding hydrogens is 367 g/mol. The highest BCUT2D eigenvalue weighted by Crippen LogP contribution is 2.28. The lowest BCUT2D eigenvalue weighted by atomic mass is 10.1. The van der Waals surface area contributed by atoms with Crippen LogP contribution in [0.25, 0.3) is 11.4 Å². The Morgan fingerprint density at radius 1 is 1.22 bits per heavy atom. The van der Waals surface area contributed by atoms with E-state index in [4.69, 9.17) is 4.42 Å². The Hall–Kier alpha value is -2.61. The number of rotatable bonds is 6. The normalized spacial score (nSPS) is 13.4. The van der Waals surface area contributed by atoms with Crippen molar-refractivity contribution in [1.82, 2.24) is 20.1 Å². The van der Waals surface area contributed by atoms with Gasteiger partial charge in [0.15, 0.2) is 11.0 Å². The monoisotopic (exact) mass is 388 g/mol. The molecule has 0 spiro atoms. The first-order valence-electron chi connectivity index (χ1n) is 8.53. The molecule has 6 nitrogen and oxygen atoms in total. The number of hydrogen-bond acceptors (Lipinski definition) is 5. The summed E-state index contributed by atoms with van der Waals surface area (Å²) in [7, 11) is 1.86. The summed E-state index contributed by atoms with van der Waals surface area (Å²) in [5, 5.41) is 11.6. The highest BCUT2D eigenvalue weighted by atomic mass is 32.2. The molecule has 0 saturated carbocycles. The fraction of sp³-hybridized carbons (Fsp3) is 0.316. The standard InChI is InChI=1S/C19H21FN4O2S/c1-11(14-5-7-15(20)8-6-14)21-18(25)13(3)27-19-23-22-17(24(19)4)16-9-10-26-12(16)2/h5-11,13H,1-4H3,(H,21,25)/t11-,13-/m1/s1. The van der Waals surface area contributed by atoms with Crippen LogP contribution in [0.15, 0.2) is 46.2 Å². The van der Waals surface area contributed by atoms with Crippen molar-refractivity contribution in [2.75, 3.05) is 0 Å². The molecule has 2 aromatic heterocycles. The average molecular weight is 388 g/mol. The van der Waals surface area contributed by atoms with Crippen molar-refractivity contribution < 1.29 is 13.6 Å². The zero-order valence-electron chi connectivity index (χ0n) is 15.6. The Balaban J connectivity index is 1.65. The predicted molar refractivity (Wildman–Crippen MR) is 102 cm³/mol. The Labute approximate surface area is 161 Å². The summed E-state index contributed by atoms with van der Waals surface area (Å²) in [5.74, 6) is 1.03. The molecule has 3 rings (SSSR count). The molecule has 1 amide bonds. The number of nitrogens with zero attached hydrogens (tertiary/aromatic N) is 3. The second-order valence-corrected chi connectivity index (χ2v) is 7.61. The number of carbonyl (C=O) groups excluding carboxylic acids is 1. The SMILES string of the molecule is Cc1occc1-c1nnc(S[C@H](C)C(=O)N[C@H](C)c2ccc(F)cc2)n1C. The van der Waals surface area contributed by atoms with Gasteiger partial charge in [-0.2, -0.15) is 0 Å². The molecule has 27 heavy (non-hydrogen) atoms. The van der Waals surface area contributed by atoms with Crippen LogP contribution in [-0.4, -0.2) is 25.9 Å². The molecule has 0 fully saturated rings. The number of benzene rings is 1. The van der Waals surface area contributed by atoms with Gasteiger partial charge < -0.3 is 14.3 Å². The zero-order valence-corrected chi connectivity index (χ0v) is 16.4. The van der Waals surface area contributed by atoms with Crippen LogP contribution in [0.4, 0.5) is 4.39 Å². The lowest BCUT2D eigenvalue weighted by Gasteiger charge is -2.17. The van der Waals surface area contributed by atoms with Crippen molar-refractivity contribution in [3.8, 4) is 11.4 Å². The van der Waals surface area contributed by atoms with Crippen LogP contribution in [0.5, 0.6) is 0 Å². The van der Waals surface area contributed by atoms with Gasteiger partial charge in [-0.05, 0) is 44.5 Å². The Kier molecular flexibility index (Phi) is 5.65. The van der Waals surface area contributed by atoms with Gasteiger partial charge in [0.25, 0.3) is 0 Å². The summed E-state index contributed by atoms with van der Waals surface area (Å²) in [5.41, 5.74) is 1.72. The summed E-state index contributed by atoms with van der Waals surface area (Å²) in [4.78, 5) is 12.5. The number of nitrogens with one attached hydrogen (secondary N) is 1. The van der Waals surface area contributed by atoms with E-state index in [2.05, 4.69) is 15.5 Å². The molecule has 0 aliphatic heterocycles. The number of thioether (sulfide) groups is 1. The first-order valence-corrected chi connectivity index (χ1v) is 9.41. The van der Waals surface area contributed by atoms with Crippen LogP contribution >= 0.6 is 11.8 Å². The lowest BCUT2D eigenvalue weighted by molar-refractivity contribution is -0.120. The molecule has 2 atom stereocenters. The molecule has 0 aliphatic rings. The minimum absolute atomic E-state index is 0.124. The summed E-state index contributed by atoms with van der Waals surface area (Å²) < 4.78 is 20.2. The third-order valence-electron chi connectivity index (χ3n) is 4.31. The van der Waals surface area contributed by atoms with E-state index in [9.17, 15) is 9.18 Å². The van der Waals surface area contributed by atoms with E-state index in [1.165, 1.54) is 23.9 Å². The lowest BCUT2D eigenvalue weighted by Crippen LogP contribution is -2.33. The Morgan fingerprint density at radius 2 is 1.93 bits per heavy atom. The van der Waals surface area contributed by atoms with Crippen molar-refractivity contribution in [2.24, 2.45) is 7.05 Å². The van der Waals surface area contributed by atoms with Gasteiger partial charge in [0.05, 0.1) is 23.1 Å². The smallest absolute Gasteiger partial charge is 0.233 e. The maximum absolute atomic E-state index is 13.0. The minimum Gasteiger partial charge on any atom is -0.469 e. The predicted octanol–water partition coefficient (Wildman–Crippen LogP) is 3.88. The minimum atomic E-state index is -0.367. The number of aromatic nitrogens is 3. The largest absolute Gasteiger partial charge is 0.469 e. The number of hydrogen-bond donors (Lipinski definition) is 1. The van der Waals surface area contributed by atoms with Gasteiger partial charge in [-0.25, -0.2) is 4.39 Å². The topological polar surface area (TPSA) is 72.9 Å². The van der Waals surface area contributed by atoms with Gasteiger partial charge in [-0.15, -0.1) is 10.2 Å². The van der Waals surface area contributed by atoms with Crippen LogP contribution in [-0.2, 0) is 11.8 Å². The van der Waals surface area contributed by atoms with Gasteiger partial charge >= 0.3 is 0 Å². The molecule has 3 aromatic rings. The van der Waals surface area contributed by atoms with E-state index in [0.717, 1.165) is 16.9 Å². The first kappa shape index (κ1) is 19.2. The second-order valence-electron chi connectivity index (χ2n) is 6.30. The van der Waals surface area contributed by atoms with Crippen molar-refractivity contribution in [2.45, 2.75) is 37.2 Å². The Bertz CT molecular complexity index is 936. The molecule has 0 bridgehead atoms. The van der Waals surface area contributed by atoms with E-state index in [0.29, 0.717) is 11.0 Å². The number of halogens is 1. The van der Waals surface area contributed by atoms with E-state index >= 15 is 0 Å². The highest BCUT2D eigenvalue weighted by molar-refractivity contribution is 8.00. The third kappa shape index (κ3) is 4.21. The molecule has 142 valence electrons. The number of amides is 1. The fourth-order valence-electron chi connectivity index (χ4n) is 2.65. The molecule has 2 heterocycles. The van der Waals surface area contributed by atoms with Gasteiger partial charge in [0.2, 0.25) is 5.91 Å². The van der Waals surface area contributed by atoms with Crippen LogP contribution in [0, 0.1) is 12.7 Å². The van der Waals surface area contributed by atoms with E-state index < -0.39 is 0 Å². The summed E-state index contributed by atoms with van der Waals surface area (Å²) in [6, 6.07) is 7.73. The van der Waals surface area contributed by atoms with Gasteiger partial charge in [-0.1, -0.05) is 23.9 Å². The highest BCUT2D eigenvalue weighted by Gasteiger charge is 2.22. The molecule has 0 aliphatic carbocycles. The van der Waals surface area contributed by atoms with Crippen molar-refractivity contribution in [3.05, 3.63) is 53.7 Å². The van der Waals surface area contributed by atoms with Crippen LogP contribution in [0.3, 0.4) is 0 Å². The van der Waals surface area contributed by atoms with Crippen molar-refractivity contribution in [1.29, 1.82) is 0 Å². The number of furan rings is 1.